The third-order valence-corrected chi connectivity index (χ3v) is 6.77. The van der Waals surface area contributed by atoms with Crippen molar-refractivity contribution in [2.45, 2.75) is 44.7 Å². The largest absolute Gasteiger partial charge is 0.302 e. The zero-order chi connectivity index (χ0) is 14.8. The molecule has 3 rings (SSSR count). The van der Waals surface area contributed by atoms with Crippen LogP contribution in [0.1, 0.15) is 55.1 Å². The zero-order valence-electron chi connectivity index (χ0n) is 11.9. The summed E-state index contributed by atoms with van der Waals surface area (Å²) in [6.45, 7) is 2.18. The summed E-state index contributed by atoms with van der Waals surface area (Å²) in [6, 6.07) is 7.02. The second kappa shape index (κ2) is 7.01. The molecule has 2 unspecified atom stereocenters. The first-order valence-electron chi connectivity index (χ1n) is 7.39. The summed E-state index contributed by atoms with van der Waals surface area (Å²) in [5.41, 5.74) is 1.12. The summed E-state index contributed by atoms with van der Waals surface area (Å²) in [6.07, 6.45) is 5.35. The quantitative estimate of drug-likeness (QED) is 0.626. The number of hydrogen-bond acceptors (Lipinski definition) is 3. The minimum absolute atomic E-state index is 0.217. The van der Waals surface area contributed by atoms with E-state index in [2.05, 4.69) is 29.8 Å². The van der Waals surface area contributed by atoms with E-state index in [1.54, 1.807) is 0 Å². The lowest BCUT2D eigenvalue weighted by molar-refractivity contribution is 0.343. The molecule has 0 bridgehead atoms. The van der Waals surface area contributed by atoms with E-state index in [0.29, 0.717) is 6.04 Å². The molecule has 0 aromatic carbocycles. The van der Waals surface area contributed by atoms with Gasteiger partial charge in [-0.15, -0.1) is 22.7 Å². The molecule has 0 spiro atoms. The average Bonchev–Trinajstić information content (AvgIpc) is 3.17. The summed E-state index contributed by atoms with van der Waals surface area (Å²) in [5, 5.41) is 5.97. The Hall–Kier alpha value is -0.0600. The fourth-order valence-electron chi connectivity index (χ4n) is 3.22. The van der Waals surface area contributed by atoms with E-state index in [0.717, 1.165) is 20.2 Å². The summed E-state index contributed by atoms with van der Waals surface area (Å²) in [5.74, 6) is 0.735. The molecule has 2 aromatic rings. The molecule has 1 aliphatic rings. The molecule has 1 saturated carbocycles. The van der Waals surface area contributed by atoms with Crippen LogP contribution in [0.2, 0.25) is 8.67 Å². The van der Waals surface area contributed by atoms with Gasteiger partial charge in [0, 0.05) is 17.0 Å². The minimum Gasteiger partial charge on any atom is -0.302 e. The molecule has 0 saturated heterocycles. The van der Waals surface area contributed by atoms with Gasteiger partial charge in [-0.3, -0.25) is 0 Å². The topological polar surface area (TPSA) is 12.0 Å². The SMILES string of the molecule is CC(NC(c1cccs1)C1CCCC1)c1cc(Cl)sc1Cl. The molecule has 2 heterocycles. The lowest BCUT2D eigenvalue weighted by atomic mass is 9.95. The first-order valence-corrected chi connectivity index (χ1v) is 9.84. The summed E-state index contributed by atoms with van der Waals surface area (Å²) in [7, 11) is 0. The van der Waals surface area contributed by atoms with Crippen LogP contribution in [-0.2, 0) is 0 Å². The maximum absolute atomic E-state index is 6.30. The Balaban J connectivity index is 1.79. The van der Waals surface area contributed by atoms with E-state index < -0.39 is 0 Å². The molecule has 5 heteroatoms. The summed E-state index contributed by atoms with van der Waals surface area (Å²) < 4.78 is 1.56. The van der Waals surface area contributed by atoms with Crippen molar-refractivity contribution >= 4 is 45.9 Å². The lowest BCUT2D eigenvalue weighted by Crippen LogP contribution is -2.29. The fraction of sp³-hybridized carbons (Fsp3) is 0.500. The molecule has 1 nitrogen and oxygen atoms in total. The molecule has 2 aromatic heterocycles. The van der Waals surface area contributed by atoms with E-state index in [9.17, 15) is 0 Å². The van der Waals surface area contributed by atoms with Gasteiger partial charge in [0.05, 0.1) is 8.67 Å². The van der Waals surface area contributed by atoms with Crippen molar-refractivity contribution in [3.05, 3.63) is 42.7 Å². The molecule has 0 radical (unpaired) electrons. The van der Waals surface area contributed by atoms with Crippen molar-refractivity contribution in [3.8, 4) is 0 Å². The van der Waals surface area contributed by atoms with Crippen LogP contribution in [0.4, 0.5) is 0 Å². The molecule has 114 valence electrons. The van der Waals surface area contributed by atoms with Gasteiger partial charge in [0.15, 0.2) is 0 Å². The smallest absolute Gasteiger partial charge is 0.0991 e. The van der Waals surface area contributed by atoms with Crippen molar-refractivity contribution in [1.29, 1.82) is 0 Å². The van der Waals surface area contributed by atoms with Crippen molar-refractivity contribution in [2.75, 3.05) is 0 Å². The highest BCUT2D eigenvalue weighted by molar-refractivity contribution is 7.20. The van der Waals surface area contributed by atoms with E-state index in [-0.39, 0.29) is 6.04 Å². The van der Waals surface area contributed by atoms with Gasteiger partial charge in [-0.2, -0.15) is 0 Å². The third-order valence-electron chi connectivity index (χ3n) is 4.30. The normalized spacial score (nSPS) is 19.0. The number of halogens is 2. The van der Waals surface area contributed by atoms with Gasteiger partial charge in [0.2, 0.25) is 0 Å². The predicted octanol–water partition coefficient (Wildman–Crippen LogP) is 6.70. The van der Waals surface area contributed by atoms with Crippen LogP contribution in [-0.4, -0.2) is 0 Å². The van der Waals surface area contributed by atoms with Gasteiger partial charge in [0.25, 0.3) is 0 Å². The van der Waals surface area contributed by atoms with E-state index in [1.165, 1.54) is 41.9 Å². The molecule has 1 aliphatic carbocycles. The van der Waals surface area contributed by atoms with Crippen LogP contribution in [0.3, 0.4) is 0 Å². The predicted molar refractivity (Wildman–Crippen MR) is 94.9 cm³/mol. The molecule has 0 aliphatic heterocycles. The first-order chi connectivity index (χ1) is 10.1. The van der Waals surface area contributed by atoms with Crippen LogP contribution >= 0.6 is 45.9 Å². The molecular formula is C16H19Cl2NS2. The van der Waals surface area contributed by atoms with Gasteiger partial charge in [-0.25, -0.2) is 0 Å². The Morgan fingerprint density at radius 3 is 2.62 bits per heavy atom. The Labute approximate surface area is 144 Å². The Morgan fingerprint density at radius 2 is 2.05 bits per heavy atom. The van der Waals surface area contributed by atoms with E-state index in [4.69, 9.17) is 23.2 Å². The molecule has 2 atom stereocenters. The highest BCUT2D eigenvalue weighted by Gasteiger charge is 2.29. The van der Waals surface area contributed by atoms with Crippen LogP contribution < -0.4 is 5.32 Å². The van der Waals surface area contributed by atoms with Crippen molar-refractivity contribution in [2.24, 2.45) is 5.92 Å². The van der Waals surface area contributed by atoms with Crippen LogP contribution in [0, 0.1) is 5.92 Å². The number of nitrogens with one attached hydrogen (secondary N) is 1. The van der Waals surface area contributed by atoms with Crippen LogP contribution in [0.15, 0.2) is 23.6 Å². The second-order valence-corrected chi connectivity index (χ2v) is 8.97. The monoisotopic (exact) mass is 359 g/mol. The van der Waals surface area contributed by atoms with Gasteiger partial charge in [0.1, 0.15) is 0 Å². The minimum atomic E-state index is 0.217. The Bertz CT molecular complexity index is 573. The molecule has 1 fully saturated rings. The van der Waals surface area contributed by atoms with Crippen molar-refractivity contribution in [3.63, 3.8) is 0 Å². The highest BCUT2D eigenvalue weighted by Crippen LogP contribution is 2.40. The van der Waals surface area contributed by atoms with Gasteiger partial charge in [-0.05, 0) is 48.8 Å². The van der Waals surface area contributed by atoms with Gasteiger partial charge in [-0.1, -0.05) is 42.1 Å². The maximum Gasteiger partial charge on any atom is 0.0991 e. The number of hydrogen-bond donors (Lipinski definition) is 1. The second-order valence-electron chi connectivity index (χ2n) is 5.71. The summed E-state index contributed by atoms with van der Waals surface area (Å²) >= 11 is 15.7. The third kappa shape index (κ3) is 3.65. The fourth-order valence-corrected chi connectivity index (χ4v) is 5.74. The maximum atomic E-state index is 6.30. The average molecular weight is 360 g/mol. The summed E-state index contributed by atoms with van der Waals surface area (Å²) in [4.78, 5) is 1.44. The molecule has 1 N–H and O–H groups in total. The number of rotatable bonds is 5. The molecular weight excluding hydrogens is 341 g/mol. The van der Waals surface area contributed by atoms with Crippen molar-refractivity contribution < 1.29 is 0 Å². The number of thiophene rings is 2. The zero-order valence-corrected chi connectivity index (χ0v) is 15.1. The van der Waals surface area contributed by atoms with E-state index in [1.807, 2.05) is 17.4 Å². The standard InChI is InChI=1S/C16H19Cl2NS2/c1-10(12-9-14(17)21-16(12)18)19-15(11-5-2-3-6-11)13-7-4-8-20-13/h4,7-11,15,19H,2-3,5-6H2,1H3. The van der Waals surface area contributed by atoms with Crippen LogP contribution in [0.25, 0.3) is 0 Å². The lowest BCUT2D eigenvalue weighted by Gasteiger charge is -2.27. The van der Waals surface area contributed by atoms with E-state index >= 15 is 0 Å². The van der Waals surface area contributed by atoms with Gasteiger partial charge < -0.3 is 5.32 Å². The molecule has 0 amide bonds. The first kappa shape index (κ1) is 15.8. The Kier molecular flexibility index (Phi) is 5.28. The highest BCUT2D eigenvalue weighted by atomic mass is 35.5. The van der Waals surface area contributed by atoms with Crippen LogP contribution in [0.5, 0.6) is 0 Å². The van der Waals surface area contributed by atoms with Crippen molar-refractivity contribution in [1.82, 2.24) is 5.32 Å². The molecule has 21 heavy (non-hydrogen) atoms. The van der Waals surface area contributed by atoms with Gasteiger partial charge >= 0.3 is 0 Å². The Morgan fingerprint density at radius 1 is 1.29 bits per heavy atom.